The number of hydrogen-bond acceptors (Lipinski definition) is 4. The van der Waals surface area contributed by atoms with Crippen molar-refractivity contribution in [3.05, 3.63) is 41.7 Å². The van der Waals surface area contributed by atoms with Gasteiger partial charge >= 0.3 is 0 Å². The molecular weight excluding hydrogens is 256 g/mol. The quantitative estimate of drug-likeness (QED) is 0.924. The van der Waals surface area contributed by atoms with Crippen LogP contribution in [0, 0.1) is 0 Å². The lowest BCUT2D eigenvalue weighted by Crippen LogP contribution is -2.17. The molecular formula is C14H20N4O2. The second-order valence-corrected chi connectivity index (χ2v) is 3.78. The van der Waals surface area contributed by atoms with Gasteiger partial charge in [-0.05, 0) is 24.3 Å². The highest BCUT2D eigenvalue weighted by Crippen LogP contribution is 2.13. The van der Waals surface area contributed by atoms with E-state index >= 15 is 0 Å². The van der Waals surface area contributed by atoms with Crippen LogP contribution in [0.5, 0.6) is 5.75 Å². The molecule has 0 saturated carbocycles. The molecule has 2 rings (SSSR count). The normalized spacial score (nSPS) is 9.40. The lowest BCUT2D eigenvalue weighted by atomic mass is 10.2. The standard InChI is InChI=1S/C12H14N4O2.C2H6/c1-13-12(17)9-3-5-11(6-4-9)18-8-10-7-16(2)15-14-10;1-2/h3-7H,8H2,1-2H3,(H,13,17);1-2H3. The molecule has 1 aromatic carbocycles. The Labute approximate surface area is 118 Å². The third kappa shape index (κ3) is 4.38. The van der Waals surface area contributed by atoms with Gasteiger partial charge in [0.1, 0.15) is 18.1 Å². The molecule has 0 spiro atoms. The van der Waals surface area contributed by atoms with E-state index in [1.54, 1.807) is 49.2 Å². The number of ether oxygens (including phenoxy) is 1. The first-order valence-corrected chi connectivity index (χ1v) is 6.49. The summed E-state index contributed by atoms with van der Waals surface area (Å²) in [5.41, 5.74) is 1.36. The molecule has 1 aromatic heterocycles. The highest BCUT2D eigenvalue weighted by molar-refractivity contribution is 5.94. The van der Waals surface area contributed by atoms with Gasteiger partial charge in [0.05, 0.1) is 6.20 Å². The molecule has 6 nitrogen and oxygen atoms in total. The third-order valence-electron chi connectivity index (χ3n) is 2.38. The smallest absolute Gasteiger partial charge is 0.251 e. The maximum absolute atomic E-state index is 11.3. The van der Waals surface area contributed by atoms with Crippen molar-refractivity contribution in [3.63, 3.8) is 0 Å². The summed E-state index contributed by atoms with van der Waals surface area (Å²) in [4.78, 5) is 11.3. The van der Waals surface area contributed by atoms with Crippen LogP contribution in [-0.2, 0) is 13.7 Å². The van der Waals surface area contributed by atoms with E-state index in [0.717, 1.165) is 5.69 Å². The first-order chi connectivity index (χ1) is 9.69. The van der Waals surface area contributed by atoms with Crippen LogP contribution in [-0.4, -0.2) is 27.9 Å². The molecule has 108 valence electrons. The van der Waals surface area contributed by atoms with Crippen molar-refractivity contribution in [2.45, 2.75) is 20.5 Å². The SMILES string of the molecule is CC.CNC(=O)c1ccc(OCc2cn(C)nn2)cc1. The number of rotatable bonds is 4. The summed E-state index contributed by atoms with van der Waals surface area (Å²) in [6.07, 6.45) is 1.79. The van der Waals surface area contributed by atoms with E-state index in [0.29, 0.717) is 17.9 Å². The van der Waals surface area contributed by atoms with E-state index in [-0.39, 0.29) is 5.91 Å². The van der Waals surface area contributed by atoms with Gasteiger partial charge in [0, 0.05) is 19.7 Å². The maximum atomic E-state index is 11.3. The number of nitrogens with zero attached hydrogens (tertiary/aromatic N) is 3. The summed E-state index contributed by atoms with van der Waals surface area (Å²) in [7, 11) is 3.40. The fourth-order valence-corrected chi connectivity index (χ4v) is 1.47. The van der Waals surface area contributed by atoms with Gasteiger partial charge in [-0.1, -0.05) is 19.1 Å². The van der Waals surface area contributed by atoms with Gasteiger partial charge in [0.15, 0.2) is 0 Å². The minimum absolute atomic E-state index is 0.115. The second-order valence-electron chi connectivity index (χ2n) is 3.78. The van der Waals surface area contributed by atoms with Crippen LogP contribution in [0.15, 0.2) is 30.5 Å². The van der Waals surface area contributed by atoms with Crippen molar-refractivity contribution >= 4 is 5.91 Å². The van der Waals surface area contributed by atoms with Crippen molar-refractivity contribution in [1.82, 2.24) is 20.3 Å². The third-order valence-corrected chi connectivity index (χ3v) is 2.38. The number of aromatic nitrogens is 3. The Morgan fingerprint density at radius 1 is 1.30 bits per heavy atom. The predicted molar refractivity (Wildman–Crippen MR) is 76.5 cm³/mol. The monoisotopic (exact) mass is 276 g/mol. The molecule has 0 aliphatic carbocycles. The van der Waals surface area contributed by atoms with E-state index in [1.807, 2.05) is 13.8 Å². The molecule has 2 aromatic rings. The molecule has 1 N–H and O–H groups in total. The van der Waals surface area contributed by atoms with Crippen molar-refractivity contribution < 1.29 is 9.53 Å². The molecule has 0 fully saturated rings. The Morgan fingerprint density at radius 2 is 1.95 bits per heavy atom. The first-order valence-electron chi connectivity index (χ1n) is 6.49. The first kappa shape index (κ1) is 15.7. The Hall–Kier alpha value is -2.37. The molecule has 1 amide bonds. The number of carbonyl (C=O) groups excluding carboxylic acids is 1. The van der Waals surface area contributed by atoms with Gasteiger partial charge < -0.3 is 10.1 Å². The van der Waals surface area contributed by atoms with Gasteiger partial charge in [-0.15, -0.1) is 5.10 Å². The number of carbonyl (C=O) groups is 1. The molecule has 1 heterocycles. The Balaban J connectivity index is 0.000000956. The highest BCUT2D eigenvalue weighted by atomic mass is 16.5. The largest absolute Gasteiger partial charge is 0.487 e. The van der Waals surface area contributed by atoms with Crippen molar-refractivity contribution in [1.29, 1.82) is 0 Å². The topological polar surface area (TPSA) is 69.0 Å². The number of benzene rings is 1. The van der Waals surface area contributed by atoms with Gasteiger partial charge in [0.25, 0.3) is 5.91 Å². The zero-order valence-corrected chi connectivity index (χ0v) is 12.3. The molecule has 20 heavy (non-hydrogen) atoms. The molecule has 0 aliphatic heterocycles. The highest BCUT2D eigenvalue weighted by Gasteiger charge is 2.03. The van der Waals surface area contributed by atoms with Gasteiger partial charge in [-0.2, -0.15) is 0 Å². The fraction of sp³-hybridized carbons (Fsp3) is 0.357. The minimum Gasteiger partial charge on any atom is -0.487 e. The average Bonchev–Trinajstić information content (AvgIpc) is 2.92. The zero-order chi connectivity index (χ0) is 15.0. The predicted octanol–water partition coefficient (Wildman–Crippen LogP) is 1.78. The van der Waals surface area contributed by atoms with E-state index in [2.05, 4.69) is 15.6 Å². The molecule has 0 radical (unpaired) electrons. The molecule has 6 heteroatoms. The second kappa shape index (κ2) is 7.93. The molecule has 0 saturated heterocycles. The fourth-order valence-electron chi connectivity index (χ4n) is 1.47. The minimum atomic E-state index is -0.115. The summed E-state index contributed by atoms with van der Waals surface area (Å²) in [6.45, 7) is 4.35. The number of aryl methyl sites for hydroxylation is 1. The number of amides is 1. The van der Waals surface area contributed by atoms with Crippen LogP contribution in [0.2, 0.25) is 0 Å². The lowest BCUT2D eigenvalue weighted by molar-refractivity contribution is 0.0963. The zero-order valence-electron chi connectivity index (χ0n) is 12.3. The van der Waals surface area contributed by atoms with Crippen LogP contribution >= 0.6 is 0 Å². The lowest BCUT2D eigenvalue weighted by Gasteiger charge is -2.04. The Kier molecular flexibility index (Phi) is 6.22. The van der Waals surface area contributed by atoms with Gasteiger partial charge in [0.2, 0.25) is 0 Å². The van der Waals surface area contributed by atoms with E-state index in [4.69, 9.17) is 4.74 Å². The van der Waals surface area contributed by atoms with E-state index in [9.17, 15) is 4.79 Å². The summed E-state index contributed by atoms with van der Waals surface area (Å²) in [5.74, 6) is 0.573. The van der Waals surface area contributed by atoms with Crippen molar-refractivity contribution in [2.75, 3.05) is 7.05 Å². The van der Waals surface area contributed by atoms with Crippen LogP contribution in [0.1, 0.15) is 29.9 Å². The van der Waals surface area contributed by atoms with Crippen molar-refractivity contribution in [3.8, 4) is 5.75 Å². The summed E-state index contributed by atoms with van der Waals surface area (Å²) in [5, 5.41) is 10.3. The molecule has 0 unspecified atom stereocenters. The van der Waals surface area contributed by atoms with Crippen LogP contribution < -0.4 is 10.1 Å². The maximum Gasteiger partial charge on any atom is 0.251 e. The molecule has 0 atom stereocenters. The summed E-state index contributed by atoms with van der Waals surface area (Å²) in [6, 6.07) is 6.93. The van der Waals surface area contributed by atoms with Crippen LogP contribution in [0.4, 0.5) is 0 Å². The molecule has 0 bridgehead atoms. The van der Waals surface area contributed by atoms with Gasteiger partial charge in [-0.25, -0.2) is 0 Å². The van der Waals surface area contributed by atoms with Gasteiger partial charge in [-0.3, -0.25) is 9.48 Å². The number of nitrogens with one attached hydrogen (secondary N) is 1. The van der Waals surface area contributed by atoms with Crippen molar-refractivity contribution in [2.24, 2.45) is 7.05 Å². The van der Waals surface area contributed by atoms with Crippen LogP contribution in [0.3, 0.4) is 0 Å². The van der Waals surface area contributed by atoms with E-state index < -0.39 is 0 Å². The van der Waals surface area contributed by atoms with E-state index in [1.165, 1.54) is 0 Å². The Bertz CT molecular complexity index is 534. The summed E-state index contributed by atoms with van der Waals surface area (Å²) >= 11 is 0. The average molecular weight is 276 g/mol. The van der Waals surface area contributed by atoms with Crippen LogP contribution in [0.25, 0.3) is 0 Å². The number of hydrogen-bond donors (Lipinski definition) is 1. The Morgan fingerprint density at radius 3 is 2.45 bits per heavy atom. The molecule has 0 aliphatic rings. The summed E-state index contributed by atoms with van der Waals surface area (Å²) < 4.78 is 7.14.